The number of fused-ring (bicyclic) bond motifs is 1. The fourth-order valence-electron chi connectivity index (χ4n) is 4.40. The van der Waals surface area contributed by atoms with Gasteiger partial charge in [0.2, 0.25) is 0 Å². The lowest BCUT2D eigenvalue weighted by Gasteiger charge is -2.35. The molecule has 1 N–H and O–H groups in total. The highest BCUT2D eigenvalue weighted by molar-refractivity contribution is 9.10. The van der Waals surface area contributed by atoms with E-state index in [9.17, 15) is 4.79 Å². The quantitative estimate of drug-likeness (QED) is 0.321. The molecule has 35 heavy (non-hydrogen) atoms. The number of anilines is 2. The number of nitrogens with one attached hydrogen (secondary N) is 1. The van der Waals surface area contributed by atoms with Gasteiger partial charge in [0.15, 0.2) is 0 Å². The minimum absolute atomic E-state index is 0.0679. The minimum Gasteiger partial charge on any atom is -0.352 e. The Bertz CT molecular complexity index is 1350. The zero-order chi connectivity index (χ0) is 24.4. The van der Waals surface area contributed by atoms with Gasteiger partial charge in [-0.1, -0.05) is 52.3 Å². The number of hydrogen-bond acceptors (Lipinski definition) is 5. The third-order valence-corrected chi connectivity index (χ3v) is 8.07. The summed E-state index contributed by atoms with van der Waals surface area (Å²) in [6.45, 7) is 7.08. The number of benzene rings is 2. The van der Waals surface area contributed by atoms with E-state index >= 15 is 0 Å². The van der Waals surface area contributed by atoms with E-state index in [1.807, 2.05) is 35.2 Å². The number of carbonyl (C=O) groups is 1. The summed E-state index contributed by atoms with van der Waals surface area (Å²) in [5.41, 5.74) is 3.34. The van der Waals surface area contributed by atoms with E-state index < -0.39 is 0 Å². The van der Waals surface area contributed by atoms with E-state index in [1.54, 1.807) is 11.3 Å². The van der Waals surface area contributed by atoms with Crippen LogP contribution in [0.2, 0.25) is 0 Å². The average Bonchev–Trinajstić information content (AvgIpc) is 3.16. The fraction of sp³-hybridized carbons (Fsp3) is 0.296. The molecule has 1 aliphatic heterocycles. The van der Waals surface area contributed by atoms with Crippen molar-refractivity contribution in [1.29, 1.82) is 0 Å². The molecule has 1 saturated heterocycles. The number of piperazine rings is 1. The Hall–Kier alpha value is -2.97. The minimum atomic E-state index is -0.0679. The van der Waals surface area contributed by atoms with Gasteiger partial charge in [0, 0.05) is 47.6 Å². The molecule has 4 aromatic rings. The fourth-order valence-corrected chi connectivity index (χ4v) is 5.84. The van der Waals surface area contributed by atoms with Crippen LogP contribution in [0.15, 0.2) is 59.1 Å². The van der Waals surface area contributed by atoms with E-state index in [0.29, 0.717) is 13.1 Å². The lowest BCUT2D eigenvalue weighted by molar-refractivity contribution is 0.208. The summed E-state index contributed by atoms with van der Waals surface area (Å²) in [6.07, 6.45) is 1.72. The molecule has 0 bridgehead atoms. The molecule has 2 aromatic carbocycles. The number of aryl methyl sites for hydroxylation is 4. The summed E-state index contributed by atoms with van der Waals surface area (Å²) in [5, 5.41) is 4.16. The topological polar surface area (TPSA) is 61.4 Å². The third kappa shape index (κ3) is 5.33. The van der Waals surface area contributed by atoms with Crippen molar-refractivity contribution in [1.82, 2.24) is 14.9 Å². The third-order valence-electron chi connectivity index (χ3n) is 6.48. The molecule has 180 valence electrons. The Kier molecular flexibility index (Phi) is 7.02. The number of nitrogens with zero attached hydrogens (tertiary/aromatic N) is 4. The molecular weight excluding hydrogens is 522 g/mol. The highest BCUT2D eigenvalue weighted by Crippen LogP contribution is 2.35. The number of amides is 2. The molecule has 2 amide bonds. The van der Waals surface area contributed by atoms with Crippen LogP contribution in [-0.2, 0) is 12.8 Å². The van der Waals surface area contributed by atoms with Gasteiger partial charge in [-0.3, -0.25) is 0 Å². The first-order valence-electron chi connectivity index (χ1n) is 11.8. The van der Waals surface area contributed by atoms with Crippen LogP contribution in [0.5, 0.6) is 0 Å². The van der Waals surface area contributed by atoms with Crippen molar-refractivity contribution >= 4 is 55.0 Å². The summed E-state index contributed by atoms with van der Waals surface area (Å²) in [5.74, 6) is 1.89. The lowest BCUT2D eigenvalue weighted by atomic mass is 10.1. The van der Waals surface area contributed by atoms with E-state index in [4.69, 9.17) is 9.97 Å². The first-order valence-corrected chi connectivity index (χ1v) is 13.5. The number of halogens is 1. The second-order valence-electron chi connectivity index (χ2n) is 8.83. The normalized spacial score (nSPS) is 13.9. The van der Waals surface area contributed by atoms with Gasteiger partial charge in [-0.25, -0.2) is 14.8 Å². The molecule has 0 radical (unpaired) electrons. The zero-order valence-electron chi connectivity index (χ0n) is 19.9. The van der Waals surface area contributed by atoms with Crippen molar-refractivity contribution in [3.63, 3.8) is 0 Å². The summed E-state index contributed by atoms with van der Waals surface area (Å²) < 4.78 is 0.942. The maximum absolute atomic E-state index is 12.8. The van der Waals surface area contributed by atoms with E-state index in [-0.39, 0.29) is 6.03 Å². The highest BCUT2D eigenvalue weighted by atomic mass is 79.9. The smallest absolute Gasteiger partial charge is 0.321 e. The molecule has 5 rings (SSSR count). The Labute approximate surface area is 218 Å². The number of urea groups is 1. The van der Waals surface area contributed by atoms with Crippen molar-refractivity contribution in [2.45, 2.75) is 26.7 Å². The first-order chi connectivity index (χ1) is 17.0. The Balaban J connectivity index is 1.33. The van der Waals surface area contributed by atoms with Gasteiger partial charge in [-0.05, 0) is 49.6 Å². The number of aromatic nitrogens is 2. The van der Waals surface area contributed by atoms with Crippen molar-refractivity contribution < 1.29 is 4.79 Å². The molecular formula is C27H28BrN5OS. The summed E-state index contributed by atoms with van der Waals surface area (Å²) in [7, 11) is 0. The first kappa shape index (κ1) is 23.8. The predicted octanol–water partition coefficient (Wildman–Crippen LogP) is 6.21. The van der Waals surface area contributed by atoms with Crippen LogP contribution in [0.25, 0.3) is 10.2 Å². The lowest BCUT2D eigenvalue weighted by Crippen LogP contribution is -2.50. The molecule has 1 aliphatic rings. The SMILES string of the molecule is Cc1sc2nc(CCc3ccccc3)nc(N3CCN(C(=O)Nc4cccc(Br)c4)CC3)c2c1C. The standard InChI is InChI=1S/C27H28BrN5OS/c1-18-19(2)35-26-24(18)25(30-23(31-26)12-11-20-7-4-3-5-8-20)32-13-15-33(16-14-32)27(34)29-22-10-6-9-21(28)17-22/h3-10,17H,11-16H2,1-2H3,(H,29,34). The van der Waals surface area contributed by atoms with Crippen LogP contribution in [0.1, 0.15) is 21.8 Å². The van der Waals surface area contributed by atoms with Gasteiger partial charge in [0.25, 0.3) is 0 Å². The van der Waals surface area contributed by atoms with Gasteiger partial charge in [0.1, 0.15) is 16.5 Å². The Morgan fingerprint density at radius 1 is 1.00 bits per heavy atom. The molecule has 6 nitrogen and oxygen atoms in total. The molecule has 1 fully saturated rings. The van der Waals surface area contributed by atoms with Crippen LogP contribution in [0.4, 0.5) is 16.3 Å². The molecule has 8 heteroatoms. The molecule has 0 saturated carbocycles. The van der Waals surface area contributed by atoms with Gasteiger partial charge >= 0.3 is 6.03 Å². The number of rotatable bonds is 5. The van der Waals surface area contributed by atoms with Crippen molar-refractivity contribution in [2.75, 3.05) is 36.4 Å². The molecule has 3 heterocycles. The molecule has 2 aromatic heterocycles. The second kappa shape index (κ2) is 10.3. The molecule has 0 aliphatic carbocycles. The summed E-state index contributed by atoms with van der Waals surface area (Å²) >= 11 is 5.20. The maximum Gasteiger partial charge on any atom is 0.321 e. The summed E-state index contributed by atoms with van der Waals surface area (Å²) in [4.78, 5) is 29.3. The highest BCUT2D eigenvalue weighted by Gasteiger charge is 2.25. The number of thiophene rings is 1. The van der Waals surface area contributed by atoms with E-state index in [2.05, 4.69) is 64.3 Å². The maximum atomic E-state index is 12.8. The van der Waals surface area contributed by atoms with Gasteiger partial charge < -0.3 is 15.1 Å². The molecule has 0 unspecified atom stereocenters. The molecule has 0 spiro atoms. The molecule has 0 atom stereocenters. The number of hydrogen-bond donors (Lipinski definition) is 1. The van der Waals surface area contributed by atoms with Gasteiger partial charge in [-0.15, -0.1) is 11.3 Å². The van der Waals surface area contributed by atoms with E-state index in [0.717, 1.165) is 58.0 Å². The van der Waals surface area contributed by atoms with E-state index in [1.165, 1.54) is 16.0 Å². The van der Waals surface area contributed by atoms with Crippen molar-refractivity contribution in [3.05, 3.63) is 80.9 Å². The van der Waals surface area contributed by atoms with Crippen LogP contribution in [0.3, 0.4) is 0 Å². The van der Waals surface area contributed by atoms with Crippen LogP contribution >= 0.6 is 27.3 Å². The second-order valence-corrected chi connectivity index (χ2v) is 10.9. The van der Waals surface area contributed by atoms with Crippen LogP contribution in [0, 0.1) is 13.8 Å². The number of carbonyl (C=O) groups excluding carboxylic acids is 1. The van der Waals surface area contributed by atoms with Crippen molar-refractivity contribution in [3.8, 4) is 0 Å². The largest absolute Gasteiger partial charge is 0.352 e. The van der Waals surface area contributed by atoms with Gasteiger partial charge in [-0.2, -0.15) is 0 Å². The predicted molar refractivity (Wildman–Crippen MR) is 148 cm³/mol. The Morgan fingerprint density at radius 2 is 1.77 bits per heavy atom. The zero-order valence-corrected chi connectivity index (χ0v) is 22.3. The monoisotopic (exact) mass is 549 g/mol. The van der Waals surface area contributed by atoms with Gasteiger partial charge in [0.05, 0.1) is 5.39 Å². The average molecular weight is 551 g/mol. The van der Waals surface area contributed by atoms with Crippen molar-refractivity contribution in [2.24, 2.45) is 0 Å². The summed E-state index contributed by atoms with van der Waals surface area (Å²) in [6, 6.07) is 18.1. The Morgan fingerprint density at radius 3 is 2.51 bits per heavy atom. The van der Waals surface area contributed by atoms with Crippen LogP contribution < -0.4 is 10.2 Å². The van der Waals surface area contributed by atoms with Crippen LogP contribution in [-0.4, -0.2) is 47.1 Å².